The largest absolute Gasteiger partial charge is 0.278 e. The first kappa shape index (κ1) is 5.90. The molecule has 0 aromatic rings. The first-order chi connectivity index (χ1) is 3.41. The van der Waals surface area contributed by atoms with E-state index in [0.29, 0.717) is 0 Å². The molecule has 0 saturated heterocycles. The van der Waals surface area contributed by atoms with Crippen LogP contribution >= 0.6 is 0 Å². The highest BCUT2D eigenvalue weighted by molar-refractivity contribution is 5.70. The highest BCUT2D eigenvalue weighted by Crippen LogP contribution is 1.61. The highest BCUT2D eigenvalue weighted by Gasteiger charge is 1.62. The summed E-state index contributed by atoms with van der Waals surface area (Å²) in [6.07, 6.45) is 3.04. The van der Waals surface area contributed by atoms with Crippen molar-refractivity contribution in [2.24, 2.45) is 4.99 Å². The minimum absolute atomic E-state index is 0.228. The van der Waals surface area contributed by atoms with Crippen molar-refractivity contribution in [1.29, 1.82) is 5.26 Å². The second kappa shape index (κ2) is 4.90. The molecule has 0 unspecified atom stereocenters. The van der Waals surface area contributed by atoms with E-state index in [1.54, 1.807) is 0 Å². The Kier molecular flexibility index (Phi) is 4.13. The van der Waals surface area contributed by atoms with Crippen LogP contribution in [-0.4, -0.2) is 12.8 Å². The molecule has 0 heterocycles. The zero-order valence-corrected chi connectivity index (χ0v) is 3.96. The fourth-order valence-corrected chi connectivity index (χ4v) is 0.168. The molecule has 0 atom stereocenters. The molecule has 0 amide bonds. The van der Waals surface area contributed by atoms with Crippen LogP contribution in [0, 0.1) is 11.3 Å². The lowest BCUT2D eigenvalue weighted by Crippen LogP contribution is -1.69. The van der Waals surface area contributed by atoms with Crippen LogP contribution in [0.5, 0.6) is 0 Å². The minimum Gasteiger partial charge on any atom is -0.278 e. The van der Waals surface area contributed by atoms with Gasteiger partial charge in [-0.15, -0.1) is 0 Å². The van der Waals surface area contributed by atoms with E-state index < -0.39 is 0 Å². The first-order valence-corrected chi connectivity index (χ1v) is 1.89. The van der Waals surface area contributed by atoms with Crippen LogP contribution in [0.15, 0.2) is 17.6 Å². The van der Waals surface area contributed by atoms with Crippen LogP contribution < -0.4 is 0 Å². The molecule has 2 heteroatoms. The van der Waals surface area contributed by atoms with Crippen molar-refractivity contribution in [2.75, 3.05) is 6.54 Å². The van der Waals surface area contributed by atoms with Crippen molar-refractivity contribution in [3.8, 4) is 6.07 Å². The van der Waals surface area contributed by atoms with Gasteiger partial charge in [0.15, 0.2) is 0 Å². The Morgan fingerprint density at radius 2 is 2.57 bits per heavy atom. The summed E-state index contributed by atoms with van der Waals surface area (Å²) in [7, 11) is 0. The van der Waals surface area contributed by atoms with Crippen LogP contribution in [0.1, 0.15) is 0 Å². The number of nitrogens with zero attached hydrogens (tertiary/aromatic N) is 2. The molecule has 7 heavy (non-hydrogen) atoms. The van der Waals surface area contributed by atoms with Crippen molar-refractivity contribution in [3.05, 3.63) is 12.7 Å². The van der Waals surface area contributed by atoms with Crippen LogP contribution in [0.3, 0.4) is 0 Å². The Hall–Kier alpha value is -1.10. The second-order valence-corrected chi connectivity index (χ2v) is 0.884. The SMILES string of the molecule is C=CC=NCC#N. The predicted molar refractivity (Wildman–Crippen MR) is 29.2 cm³/mol. The third-order valence-electron chi connectivity index (χ3n) is 0.373. The Morgan fingerprint density at radius 3 is 3.00 bits per heavy atom. The van der Waals surface area contributed by atoms with Crippen LogP contribution in [0.2, 0.25) is 0 Å². The maximum absolute atomic E-state index is 7.89. The quantitative estimate of drug-likeness (QED) is 0.367. The normalized spacial score (nSPS) is 8.43. The third kappa shape index (κ3) is 4.90. The van der Waals surface area contributed by atoms with E-state index >= 15 is 0 Å². The van der Waals surface area contributed by atoms with Crippen molar-refractivity contribution < 1.29 is 0 Å². The molecule has 0 fully saturated rings. The fourth-order valence-electron chi connectivity index (χ4n) is 0.168. The number of allylic oxidation sites excluding steroid dienone is 1. The lowest BCUT2D eigenvalue weighted by Gasteiger charge is -1.68. The number of hydrogen-bond donors (Lipinski definition) is 0. The third-order valence-corrected chi connectivity index (χ3v) is 0.373. The van der Waals surface area contributed by atoms with Gasteiger partial charge in [0.1, 0.15) is 6.54 Å². The Balaban J connectivity index is 3.13. The van der Waals surface area contributed by atoms with E-state index in [1.807, 2.05) is 6.07 Å². The zero-order chi connectivity index (χ0) is 5.54. The van der Waals surface area contributed by atoms with Gasteiger partial charge in [0.05, 0.1) is 6.07 Å². The summed E-state index contributed by atoms with van der Waals surface area (Å²) >= 11 is 0. The number of aliphatic imine (C=N–C) groups is 1. The lowest BCUT2D eigenvalue weighted by atomic mass is 10.7. The number of hydrogen-bond acceptors (Lipinski definition) is 2. The number of nitriles is 1. The molecule has 0 spiro atoms. The average molecular weight is 94.1 g/mol. The van der Waals surface area contributed by atoms with Gasteiger partial charge in [0.2, 0.25) is 0 Å². The van der Waals surface area contributed by atoms with Gasteiger partial charge in [-0.1, -0.05) is 12.7 Å². The summed E-state index contributed by atoms with van der Waals surface area (Å²) in [6.45, 7) is 3.60. The monoisotopic (exact) mass is 94.1 g/mol. The van der Waals surface area contributed by atoms with Gasteiger partial charge in [-0.3, -0.25) is 4.99 Å². The van der Waals surface area contributed by atoms with Crippen LogP contribution in [0.25, 0.3) is 0 Å². The molecular formula is C5H6N2. The van der Waals surface area contributed by atoms with Crippen molar-refractivity contribution in [3.63, 3.8) is 0 Å². The van der Waals surface area contributed by atoms with Gasteiger partial charge in [0, 0.05) is 6.21 Å². The summed E-state index contributed by atoms with van der Waals surface area (Å²) in [4.78, 5) is 3.60. The summed E-state index contributed by atoms with van der Waals surface area (Å²) in [6, 6.07) is 1.86. The van der Waals surface area contributed by atoms with E-state index in [4.69, 9.17) is 5.26 Å². The topological polar surface area (TPSA) is 36.1 Å². The Bertz CT molecular complexity index is 108. The fraction of sp³-hybridized carbons (Fsp3) is 0.200. The molecule has 0 rings (SSSR count). The molecule has 0 aromatic carbocycles. The van der Waals surface area contributed by atoms with Crippen molar-refractivity contribution >= 4 is 6.21 Å². The van der Waals surface area contributed by atoms with Crippen molar-refractivity contribution in [1.82, 2.24) is 0 Å². The zero-order valence-electron chi connectivity index (χ0n) is 3.96. The molecular weight excluding hydrogens is 88.1 g/mol. The summed E-state index contributed by atoms with van der Waals surface area (Å²) in [5.41, 5.74) is 0. The summed E-state index contributed by atoms with van der Waals surface area (Å²) in [5.74, 6) is 0. The van der Waals surface area contributed by atoms with E-state index in [9.17, 15) is 0 Å². The maximum Gasteiger partial charge on any atom is 0.126 e. The van der Waals surface area contributed by atoms with E-state index in [0.717, 1.165) is 0 Å². The van der Waals surface area contributed by atoms with E-state index in [1.165, 1.54) is 12.3 Å². The summed E-state index contributed by atoms with van der Waals surface area (Å²) in [5, 5.41) is 7.89. The first-order valence-electron chi connectivity index (χ1n) is 1.89. The van der Waals surface area contributed by atoms with Gasteiger partial charge >= 0.3 is 0 Å². The van der Waals surface area contributed by atoms with Gasteiger partial charge in [-0.25, -0.2) is 0 Å². The van der Waals surface area contributed by atoms with Crippen LogP contribution in [-0.2, 0) is 0 Å². The molecule has 0 N–H and O–H groups in total. The van der Waals surface area contributed by atoms with Gasteiger partial charge < -0.3 is 0 Å². The summed E-state index contributed by atoms with van der Waals surface area (Å²) < 4.78 is 0. The molecule has 0 bridgehead atoms. The Morgan fingerprint density at radius 1 is 1.86 bits per heavy atom. The van der Waals surface area contributed by atoms with Gasteiger partial charge in [-0.2, -0.15) is 5.26 Å². The minimum atomic E-state index is 0.228. The van der Waals surface area contributed by atoms with E-state index in [2.05, 4.69) is 11.6 Å². The molecule has 2 nitrogen and oxygen atoms in total. The van der Waals surface area contributed by atoms with Crippen molar-refractivity contribution in [2.45, 2.75) is 0 Å². The standard InChI is InChI=1S/C5H6N2/c1-2-4-7-5-3-6/h2,4H,1,5H2. The highest BCUT2D eigenvalue weighted by atomic mass is 14.7. The molecule has 36 valence electrons. The number of rotatable bonds is 2. The molecule has 0 saturated carbocycles. The lowest BCUT2D eigenvalue weighted by molar-refractivity contribution is 1.25. The van der Waals surface area contributed by atoms with Gasteiger partial charge in [0.25, 0.3) is 0 Å². The maximum atomic E-state index is 7.89. The molecule has 0 aliphatic carbocycles. The molecule has 0 aromatic heterocycles. The molecule has 0 aliphatic rings. The molecule has 0 radical (unpaired) electrons. The predicted octanol–water partition coefficient (Wildman–Crippen LogP) is 0.767. The molecule has 0 aliphatic heterocycles. The van der Waals surface area contributed by atoms with E-state index in [-0.39, 0.29) is 6.54 Å². The second-order valence-electron chi connectivity index (χ2n) is 0.884. The smallest absolute Gasteiger partial charge is 0.126 e. The van der Waals surface area contributed by atoms with Gasteiger partial charge in [-0.05, 0) is 0 Å². The van der Waals surface area contributed by atoms with Crippen LogP contribution in [0.4, 0.5) is 0 Å². The Labute approximate surface area is 42.8 Å². The average Bonchev–Trinajstić information content (AvgIpc) is 1.69.